The van der Waals surface area contributed by atoms with Crippen LogP contribution < -0.4 is 5.73 Å². The Hall–Kier alpha value is -0.780. The Morgan fingerprint density at radius 3 is 2.37 bits per heavy atom. The van der Waals surface area contributed by atoms with E-state index in [1.165, 1.54) is 19.1 Å². The van der Waals surface area contributed by atoms with E-state index in [9.17, 15) is 8.78 Å². The molecule has 0 saturated carbocycles. The summed E-state index contributed by atoms with van der Waals surface area (Å²) in [6.07, 6.45) is 0. The third-order valence-electron chi connectivity index (χ3n) is 2.93. The van der Waals surface area contributed by atoms with Crippen LogP contribution in [0.5, 0.6) is 0 Å². The Balaban J connectivity index is 2.53. The van der Waals surface area contributed by atoms with Crippen LogP contribution in [0.2, 0.25) is 0 Å². The molecule has 2 aromatic rings. The molecule has 0 aliphatic heterocycles. The van der Waals surface area contributed by atoms with Gasteiger partial charge in [0, 0.05) is 14.5 Å². The van der Waals surface area contributed by atoms with Gasteiger partial charge < -0.3 is 5.73 Å². The van der Waals surface area contributed by atoms with Gasteiger partial charge in [0.15, 0.2) is 11.6 Å². The average Bonchev–Trinajstić information content (AvgIpc) is 2.38. The molecule has 0 aliphatic rings. The van der Waals surface area contributed by atoms with Gasteiger partial charge in [-0.05, 0) is 36.2 Å². The van der Waals surface area contributed by atoms with Gasteiger partial charge in [-0.15, -0.1) is 0 Å². The molecule has 0 fully saturated rings. The number of rotatable bonds is 2. The second-order valence-electron chi connectivity index (χ2n) is 4.24. The van der Waals surface area contributed by atoms with Crippen LogP contribution in [0.1, 0.15) is 22.7 Å². The van der Waals surface area contributed by atoms with Crippen molar-refractivity contribution in [3.63, 3.8) is 0 Å². The molecule has 0 bridgehead atoms. The maximum atomic E-state index is 13.9. The lowest BCUT2D eigenvalue weighted by atomic mass is 9.98. The van der Waals surface area contributed by atoms with Crippen LogP contribution in [-0.2, 0) is 0 Å². The smallest absolute Gasteiger partial charge is 0.164 e. The highest BCUT2D eigenvalue weighted by Crippen LogP contribution is 2.31. The van der Waals surface area contributed by atoms with E-state index >= 15 is 0 Å². The van der Waals surface area contributed by atoms with Crippen molar-refractivity contribution in [2.45, 2.75) is 13.0 Å². The Morgan fingerprint density at radius 2 is 1.68 bits per heavy atom. The minimum Gasteiger partial charge on any atom is -0.320 e. The first-order valence-electron chi connectivity index (χ1n) is 5.57. The molecule has 0 aromatic heterocycles. The molecule has 0 spiro atoms. The van der Waals surface area contributed by atoms with Crippen molar-refractivity contribution in [2.75, 3.05) is 0 Å². The quantitative estimate of drug-likeness (QED) is 0.779. The number of hydrogen-bond donors (Lipinski definition) is 1. The molecule has 0 aliphatic carbocycles. The lowest BCUT2D eigenvalue weighted by molar-refractivity contribution is 0.489. The van der Waals surface area contributed by atoms with Crippen molar-refractivity contribution in [3.05, 3.63) is 67.6 Å². The summed E-state index contributed by atoms with van der Waals surface area (Å²) in [5.41, 5.74) is 7.15. The Morgan fingerprint density at radius 1 is 1.00 bits per heavy atom. The van der Waals surface area contributed by atoms with E-state index in [0.29, 0.717) is 5.56 Å². The average molecular weight is 391 g/mol. The van der Waals surface area contributed by atoms with Crippen LogP contribution in [0.15, 0.2) is 39.3 Å². The molecular weight excluding hydrogens is 380 g/mol. The van der Waals surface area contributed by atoms with E-state index in [-0.39, 0.29) is 11.1 Å². The largest absolute Gasteiger partial charge is 0.320 e. The molecule has 1 nitrogen and oxygen atoms in total. The maximum absolute atomic E-state index is 13.9. The summed E-state index contributed by atoms with van der Waals surface area (Å²) in [4.78, 5) is 0. The number of nitrogens with two attached hydrogens (primary N) is 1. The standard InChI is InChI=1S/C14H11Br2F2N/c1-7-2-4-9(13(18)12(7)17)14(19)10-6-8(15)3-5-11(10)16/h2-6,14H,19H2,1H3. The van der Waals surface area contributed by atoms with Gasteiger partial charge in [0.05, 0.1) is 6.04 Å². The fourth-order valence-electron chi connectivity index (χ4n) is 1.82. The minimum atomic E-state index is -0.889. The van der Waals surface area contributed by atoms with Gasteiger partial charge in [-0.2, -0.15) is 0 Å². The topological polar surface area (TPSA) is 26.0 Å². The predicted molar refractivity (Wildman–Crippen MR) is 79.0 cm³/mol. The normalized spacial score (nSPS) is 12.5. The Kier molecular flexibility index (Phi) is 4.38. The Bertz CT molecular complexity index is 629. The summed E-state index contributed by atoms with van der Waals surface area (Å²) in [7, 11) is 0. The minimum absolute atomic E-state index is 0.141. The molecule has 1 atom stereocenters. The molecule has 2 aromatic carbocycles. The third-order valence-corrected chi connectivity index (χ3v) is 4.15. The second-order valence-corrected chi connectivity index (χ2v) is 6.01. The van der Waals surface area contributed by atoms with E-state index in [2.05, 4.69) is 31.9 Å². The molecule has 0 saturated heterocycles. The zero-order chi connectivity index (χ0) is 14.2. The molecule has 2 rings (SSSR count). The van der Waals surface area contributed by atoms with Gasteiger partial charge in [-0.3, -0.25) is 0 Å². The van der Waals surface area contributed by atoms with Crippen molar-refractivity contribution in [1.29, 1.82) is 0 Å². The van der Waals surface area contributed by atoms with Gasteiger partial charge >= 0.3 is 0 Å². The molecule has 0 amide bonds. The first-order chi connectivity index (χ1) is 8.91. The Labute approximate surface area is 127 Å². The van der Waals surface area contributed by atoms with Gasteiger partial charge in [-0.25, -0.2) is 8.78 Å². The van der Waals surface area contributed by atoms with E-state index in [1.54, 1.807) is 6.07 Å². The molecule has 5 heteroatoms. The zero-order valence-electron chi connectivity index (χ0n) is 10.1. The van der Waals surface area contributed by atoms with E-state index < -0.39 is 17.7 Å². The molecule has 0 heterocycles. The highest BCUT2D eigenvalue weighted by molar-refractivity contribution is 9.11. The third kappa shape index (κ3) is 2.88. The predicted octanol–water partition coefficient (Wildman–Crippen LogP) is 4.85. The van der Waals surface area contributed by atoms with Gasteiger partial charge in [0.25, 0.3) is 0 Å². The molecular formula is C14H11Br2F2N. The maximum Gasteiger partial charge on any atom is 0.164 e. The van der Waals surface area contributed by atoms with Crippen LogP contribution in [-0.4, -0.2) is 0 Å². The zero-order valence-corrected chi connectivity index (χ0v) is 13.2. The number of halogens is 4. The van der Waals surface area contributed by atoms with Crippen molar-refractivity contribution < 1.29 is 8.78 Å². The van der Waals surface area contributed by atoms with Crippen molar-refractivity contribution in [3.8, 4) is 0 Å². The number of benzene rings is 2. The van der Waals surface area contributed by atoms with Gasteiger partial charge in [0.2, 0.25) is 0 Å². The second kappa shape index (κ2) is 5.69. The van der Waals surface area contributed by atoms with Crippen LogP contribution >= 0.6 is 31.9 Å². The first kappa shape index (κ1) is 14.6. The van der Waals surface area contributed by atoms with E-state index in [1.807, 2.05) is 12.1 Å². The SMILES string of the molecule is Cc1ccc(C(N)c2cc(Br)ccc2Br)c(F)c1F. The number of hydrogen-bond acceptors (Lipinski definition) is 1. The van der Waals surface area contributed by atoms with E-state index in [0.717, 1.165) is 8.95 Å². The summed E-state index contributed by atoms with van der Waals surface area (Å²) in [6, 6.07) is 7.74. The van der Waals surface area contributed by atoms with E-state index in [4.69, 9.17) is 5.73 Å². The fraction of sp³-hybridized carbons (Fsp3) is 0.143. The lowest BCUT2D eigenvalue weighted by Gasteiger charge is -2.16. The fourth-order valence-corrected chi connectivity index (χ4v) is 2.69. The molecule has 1 unspecified atom stereocenters. The van der Waals surface area contributed by atoms with Crippen LogP contribution in [0.4, 0.5) is 8.78 Å². The van der Waals surface area contributed by atoms with Crippen molar-refractivity contribution in [2.24, 2.45) is 5.73 Å². The lowest BCUT2D eigenvalue weighted by Crippen LogP contribution is -2.15. The molecule has 100 valence electrons. The highest BCUT2D eigenvalue weighted by Gasteiger charge is 2.19. The monoisotopic (exact) mass is 389 g/mol. The summed E-state index contributed by atoms with van der Waals surface area (Å²) in [5, 5.41) is 0. The van der Waals surface area contributed by atoms with Crippen molar-refractivity contribution >= 4 is 31.9 Å². The summed E-state index contributed by atoms with van der Waals surface area (Å²) < 4.78 is 29.1. The molecule has 2 N–H and O–H groups in total. The summed E-state index contributed by atoms with van der Waals surface area (Å²) in [6.45, 7) is 1.52. The molecule has 19 heavy (non-hydrogen) atoms. The van der Waals surface area contributed by atoms with Crippen molar-refractivity contribution in [1.82, 2.24) is 0 Å². The van der Waals surface area contributed by atoms with Crippen LogP contribution in [0, 0.1) is 18.6 Å². The number of aryl methyl sites for hydroxylation is 1. The van der Waals surface area contributed by atoms with Crippen LogP contribution in [0.3, 0.4) is 0 Å². The summed E-state index contributed by atoms with van der Waals surface area (Å²) in [5.74, 6) is -1.74. The van der Waals surface area contributed by atoms with Gasteiger partial charge in [0.1, 0.15) is 0 Å². The first-order valence-corrected chi connectivity index (χ1v) is 7.15. The molecule has 0 radical (unpaired) electrons. The summed E-state index contributed by atoms with van der Waals surface area (Å²) >= 11 is 6.71. The van der Waals surface area contributed by atoms with Crippen LogP contribution in [0.25, 0.3) is 0 Å². The highest BCUT2D eigenvalue weighted by atomic mass is 79.9. The van der Waals surface area contributed by atoms with Gasteiger partial charge in [-0.1, -0.05) is 44.0 Å².